The van der Waals surface area contributed by atoms with Crippen molar-refractivity contribution in [3.8, 4) is 0 Å². The van der Waals surface area contributed by atoms with Gasteiger partial charge in [-0.25, -0.2) is 4.39 Å². The zero-order chi connectivity index (χ0) is 15.4. The number of hydrogen-bond acceptors (Lipinski definition) is 2. The first-order valence-electron chi connectivity index (χ1n) is 6.55. The lowest BCUT2D eigenvalue weighted by Gasteiger charge is -2.17. The second-order valence-corrected chi connectivity index (χ2v) is 5.71. The van der Waals surface area contributed by atoms with E-state index >= 15 is 0 Å². The van der Waals surface area contributed by atoms with Gasteiger partial charge in [0.25, 0.3) is 0 Å². The second kappa shape index (κ2) is 6.72. The van der Waals surface area contributed by atoms with Crippen molar-refractivity contribution in [2.75, 3.05) is 10.6 Å². The summed E-state index contributed by atoms with van der Waals surface area (Å²) < 4.78 is 14.6. The van der Waals surface area contributed by atoms with Crippen LogP contribution in [0.4, 0.5) is 15.8 Å². The van der Waals surface area contributed by atoms with Crippen molar-refractivity contribution in [3.05, 3.63) is 58.3 Å². The van der Waals surface area contributed by atoms with Crippen LogP contribution in [0.1, 0.15) is 25.5 Å². The van der Waals surface area contributed by atoms with Gasteiger partial charge in [0.1, 0.15) is 5.82 Å². The minimum absolute atomic E-state index is 0.0538. The van der Waals surface area contributed by atoms with Crippen LogP contribution in [-0.2, 0) is 4.79 Å². The van der Waals surface area contributed by atoms with Crippen LogP contribution in [0.3, 0.4) is 0 Å². The van der Waals surface area contributed by atoms with Gasteiger partial charge in [-0.15, -0.1) is 0 Å². The van der Waals surface area contributed by atoms with Gasteiger partial charge in [0.15, 0.2) is 0 Å². The van der Waals surface area contributed by atoms with Crippen LogP contribution in [0, 0.1) is 5.82 Å². The number of nitrogens with one attached hydrogen (secondary N) is 2. The molecule has 0 heterocycles. The van der Waals surface area contributed by atoms with Crippen molar-refractivity contribution in [2.45, 2.75) is 19.9 Å². The molecule has 1 atom stereocenters. The third-order valence-electron chi connectivity index (χ3n) is 3.01. The SMILES string of the molecule is CC(=O)Nc1cc(NC(C)c2cccc(Br)c2)ccc1F. The Hall–Kier alpha value is -1.88. The maximum absolute atomic E-state index is 13.6. The zero-order valence-corrected chi connectivity index (χ0v) is 13.4. The van der Waals surface area contributed by atoms with Crippen LogP contribution in [0.2, 0.25) is 0 Å². The molecule has 0 bridgehead atoms. The summed E-state index contributed by atoms with van der Waals surface area (Å²) in [5, 5.41) is 5.76. The Morgan fingerprint density at radius 1 is 1.24 bits per heavy atom. The first-order chi connectivity index (χ1) is 9.95. The summed E-state index contributed by atoms with van der Waals surface area (Å²) in [6.07, 6.45) is 0. The van der Waals surface area contributed by atoms with E-state index < -0.39 is 5.82 Å². The third-order valence-corrected chi connectivity index (χ3v) is 3.50. The van der Waals surface area contributed by atoms with E-state index in [1.165, 1.54) is 13.0 Å². The lowest BCUT2D eigenvalue weighted by atomic mass is 10.1. The van der Waals surface area contributed by atoms with Gasteiger partial charge >= 0.3 is 0 Å². The molecule has 5 heteroatoms. The summed E-state index contributed by atoms with van der Waals surface area (Å²) in [4.78, 5) is 11.1. The van der Waals surface area contributed by atoms with Gasteiger partial charge in [-0.2, -0.15) is 0 Å². The molecule has 3 nitrogen and oxygen atoms in total. The molecule has 2 rings (SSSR count). The molecule has 1 amide bonds. The lowest BCUT2D eigenvalue weighted by molar-refractivity contribution is -0.114. The highest BCUT2D eigenvalue weighted by Crippen LogP contribution is 2.25. The van der Waals surface area contributed by atoms with Crippen LogP contribution in [0.25, 0.3) is 0 Å². The fourth-order valence-electron chi connectivity index (χ4n) is 2.01. The Balaban J connectivity index is 2.17. The molecule has 0 fully saturated rings. The minimum Gasteiger partial charge on any atom is -0.378 e. The smallest absolute Gasteiger partial charge is 0.221 e. The van der Waals surface area contributed by atoms with Crippen LogP contribution >= 0.6 is 15.9 Å². The lowest BCUT2D eigenvalue weighted by Crippen LogP contribution is -2.10. The molecule has 2 aromatic carbocycles. The van der Waals surface area contributed by atoms with E-state index in [0.717, 1.165) is 15.7 Å². The van der Waals surface area contributed by atoms with E-state index in [1.54, 1.807) is 12.1 Å². The number of benzene rings is 2. The van der Waals surface area contributed by atoms with Crippen molar-refractivity contribution in [3.63, 3.8) is 0 Å². The summed E-state index contributed by atoms with van der Waals surface area (Å²) in [7, 11) is 0. The van der Waals surface area contributed by atoms with E-state index in [2.05, 4.69) is 26.6 Å². The molecule has 0 aliphatic heterocycles. The highest BCUT2D eigenvalue weighted by atomic mass is 79.9. The van der Waals surface area contributed by atoms with E-state index in [-0.39, 0.29) is 17.6 Å². The number of rotatable bonds is 4. The Morgan fingerprint density at radius 3 is 2.67 bits per heavy atom. The third kappa shape index (κ3) is 4.29. The topological polar surface area (TPSA) is 41.1 Å². The summed E-state index contributed by atoms with van der Waals surface area (Å²) in [6, 6.07) is 12.6. The molecule has 21 heavy (non-hydrogen) atoms. The average Bonchev–Trinajstić information content (AvgIpc) is 2.42. The summed E-state index contributed by atoms with van der Waals surface area (Å²) >= 11 is 3.44. The standard InChI is InChI=1S/C16H16BrFN2O/c1-10(12-4-3-5-13(17)8-12)19-14-6-7-15(18)16(9-14)20-11(2)21/h3-10,19H,1-2H3,(H,20,21). The molecule has 0 aliphatic rings. The maximum Gasteiger partial charge on any atom is 0.221 e. The first kappa shape index (κ1) is 15.5. The largest absolute Gasteiger partial charge is 0.378 e. The van der Waals surface area contributed by atoms with Gasteiger partial charge in [-0.3, -0.25) is 4.79 Å². The van der Waals surface area contributed by atoms with Crippen molar-refractivity contribution in [1.82, 2.24) is 0 Å². The Kier molecular flexibility index (Phi) is 4.96. The normalized spacial score (nSPS) is 11.8. The van der Waals surface area contributed by atoms with E-state index in [0.29, 0.717) is 0 Å². The van der Waals surface area contributed by atoms with Gasteiger partial charge in [-0.1, -0.05) is 28.1 Å². The van der Waals surface area contributed by atoms with Crippen molar-refractivity contribution in [2.24, 2.45) is 0 Å². The number of carbonyl (C=O) groups is 1. The molecule has 0 saturated carbocycles. The molecular formula is C16H16BrFN2O. The second-order valence-electron chi connectivity index (χ2n) is 4.80. The molecule has 0 saturated heterocycles. The Labute approximate surface area is 131 Å². The van der Waals surface area contributed by atoms with Crippen molar-refractivity contribution >= 4 is 33.2 Å². The number of hydrogen-bond donors (Lipinski definition) is 2. The van der Waals surface area contributed by atoms with Gasteiger partial charge in [0, 0.05) is 23.1 Å². The molecule has 0 aromatic heterocycles. The van der Waals surface area contributed by atoms with Crippen LogP contribution in [0.15, 0.2) is 46.9 Å². The monoisotopic (exact) mass is 350 g/mol. The highest BCUT2D eigenvalue weighted by molar-refractivity contribution is 9.10. The van der Waals surface area contributed by atoms with E-state index in [1.807, 2.05) is 31.2 Å². The molecule has 1 unspecified atom stereocenters. The predicted octanol–water partition coefficient (Wildman–Crippen LogP) is 4.72. The van der Waals surface area contributed by atoms with E-state index in [4.69, 9.17) is 0 Å². The maximum atomic E-state index is 13.6. The van der Waals surface area contributed by atoms with E-state index in [9.17, 15) is 9.18 Å². The predicted molar refractivity (Wildman–Crippen MR) is 86.9 cm³/mol. The molecule has 0 spiro atoms. The van der Waals surface area contributed by atoms with Crippen LogP contribution < -0.4 is 10.6 Å². The minimum atomic E-state index is -0.453. The van der Waals surface area contributed by atoms with Crippen molar-refractivity contribution in [1.29, 1.82) is 0 Å². The fraction of sp³-hybridized carbons (Fsp3) is 0.188. The van der Waals surface area contributed by atoms with Crippen LogP contribution in [0.5, 0.6) is 0 Å². The molecular weight excluding hydrogens is 335 g/mol. The zero-order valence-electron chi connectivity index (χ0n) is 11.8. The van der Waals surface area contributed by atoms with Gasteiger partial charge < -0.3 is 10.6 Å². The number of amides is 1. The van der Waals surface area contributed by atoms with Crippen LogP contribution in [-0.4, -0.2) is 5.91 Å². The highest BCUT2D eigenvalue weighted by Gasteiger charge is 2.09. The number of carbonyl (C=O) groups excluding carboxylic acids is 1. The average molecular weight is 351 g/mol. The molecule has 0 aliphatic carbocycles. The summed E-state index contributed by atoms with van der Waals surface area (Å²) in [5.74, 6) is -0.753. The number of anilines is 2. The molecule has 0 radical (unpaired) electrons. The van der Waals surface area contributed by atoms with Crippen molar-refractivity contribution < 1.29 is 9.18 Å². The van der Waals surface area contributed by atoms with Gasteiger partial charge in [0.2, 0.25) is 5.91 Å². The Morgan fingerprint density at radius 2 is 2.00 bits per heavy atom. The fourth-order valence-corrected chi connectivity index (χ4v) is 2.43. The quantitative estimate of drug-likeness (QED) is 0.837. The summed E-state index contributed by atoms with van der Waals surface area (Å²) in [5.41, 5.74) is 2.02. The summed E-state index contributed by atoms with van der Waals surface area (Å²) in [6.45, 7) is 3.37. The van der Waals surface area contributed by atoms with Gasteiger partial charge in [0.05, 0.1) is 5.69 Å². The molecule has 2 N–H and O–H groups in total. The first-order valence-corrected chi connectivity index (χ1v) is 7.34. The van der Waals surface area contributed by atoms with Gasteiger partial charge in [-0.05, 0) is 42.8 Å². The molecule has 110 valence electrons. The Bertz CT molecular complexity index is 660. The number of halogens is 2. The molecule has 2 aromatic rings.